The van der Waals surface area contributed by atoms with Crippen LogP contribution in [0.25, 0.3) is 0 Å². The summed E-state index contributed by atoms with van der Waals surface area (Å²) in [4.78, 5) is 4.06. The fraction of sp³-hybridized carbons (Fsp3) is 0.545. The van der Waals surface area contributed by atoms with Gasteiger partial charge in [0.1, 0.15) is 5.82 Å². The molecule has 88 valence electrons. The van der Waals surface area contributed by atoms with Gasteiger partial charge in [-0.25, -0.2) is 13.8 Å². The lowest BCUT2D eigenvalue weighted by atomic mass is 9.85. The molecular formula is C11H13BrF2N2. The van der Waals surface area contributed by atoms with Crippen LogP contribution in [0.1, 0.15) is 31.3 Å². The monoisotopic (exact) mass is 290 g/mol. The van der Waals surface area contributed by atoms with Crippen molar-refractivity contribution in [3.63, 3.8) is 0 Å². The summed E-state index contributed by atoms with van der Waals surface area (Å²) in [6.45, 7) is 0.831. The zero-order valence-electron chi connectivity index (χ0n) is 8.72. The minimum atomic E-state index is -2.47. The summed E-state index contributed by atoms with van der Waals surface area (Å²) >= 11 is 3.07. The topological polar surface area (TPSA) is 24.9 Å². The van der Waals surface area contributed by atoms with Crippen LogP contribution in [0.3, 0.4) is 0 Å². The number of aromatic nitrogens is 1. The van der Waals surface area contributed by atoms with Crippen LogP contribution >= 0.6 is 15.9 Å². The van der Waals surface area contributed by atoms with E-state index in [9.17, 15) is 8.78 Å². The van der Waals surface area contributed by atoms with Crippen molar-refractivity contribution < 1.29 is 8.78 Å². The average molecular weight is 291 g/mol. The SMILES string of the molecule is FC(F)c1cc(NCC2CCC2)ncc1Br. The summed E-state index contributed by atoms with van der Waals surface area (Å²) < 4.78 is 25.6. The fourth-order valence-electron chi connectivity index (χ4n) is 1.66. The largest absolute Gasteiger partial charge is 0.370 e. The van der Waals surface area contributed by atoms with Crippen molar-refractivity contribution in [1.29, 1.82) is 0 Å². The van der Waals surface area contributed by atoms with Crippen LogP contribution in [0.4, 0.5) is 14.6 Å². The van der Waals surface area contributed by atoms with Gasteiger partial charge in [-0.2, -0.15) is 0 Å². The molecule has 0 radical (unpaired) electrons. The summed E-state index contributed by atoms with van der Waals surface area (Å²) in [5, 5.41) is 3.10. The minimum absolute atomic E-state index is 0.00823. The van der Waals surface area contributed by atoms with Crippen LogP contribution < -0.4 is 5.32 Å². The van der Waals surface area contributed by atoms with Gasteiger partial charge in [-0.15, -0.1) is 0 Å². The third kappa shape index (κ3) is 2.70. The number of nitrogens with one attached hydrogen (secondary N) is 1. The Morgan fingerprint density at radius 1 is 1.50 bits per heavy atom. The van der Waals surface area contributed by atoms with Gasteiger partial charge in [0.15, 0.2) is 0 Å². The number of nitrogens with zero attached hydrogens (tertiary/aromatic N) is 1. The van der Waals surface area contributed by atoms with Gasteiger partial charge in [0.2, 0.25) is 0 Å². The van der Waals surface area contributed by atoms with Crippen molar-refractivity contribution in [2.24, 2.45) is 5.92 Å². The molecule has 0 bridgehead atoms. The molecule has 5 heteroatoms. The molecule has 0 atom stereocenters. The van der Waals surface area contributed by atoms with Gasteiger partial charge in [0.25, 0.3) is 6.43 Å². The van der Waals surface area contributed by atoms with Gasteiger partial charge >= 0.3 is 0 Å². The van der Waals surface area contributed by atoms with E-state index >= 15 is 0 Å². The Kier molecular flexibility index (Phi) is 3.74. The molecule has 2 rings (SSSR count). The van der Waals surface area contributed by atoms with Gasteiger partial charge < -0.3 is 5.32 Å². The molecule has 1 heterocycles. The van der Waals surface area contributed by atoms with Crippen LogP contribution in [0.5, 0.6) is 0 Å². The van der Waals surface area contributed by atoms with Crippen LogP contribution in [0, 0.1) is 5.92 Å². The predicted molar refractivity (Wildman–Crippen MR) is 62.7 cm³/mol. The molecule has 1 aromatic rings. The van der Waals surface area contributed by atoms with E-state index in [1.54, 1.807) is 0 Å². The lowest BCUT2D eigenvalue weighted by Gasteiger charge is -2.25. The average Bonchev–Trinajstić information content (AvgIpc) is 2.17. The third-order valence-electron chi connectivity index (χ3n) is 2.92. The first kappa shape index (κ1) is 11.8. The number of rotatable bonds is 4. The molecule has 0 saturated heterocycles. The summed E-state index contributed by atoms with van der Waals surface area (Å²) in [7, 11) is 0. The highest BCUT2D eigenvalue weighted by molar-refractivity contribution is 9.10. The quantitative estimate of drug-likeness (QED) is 0.907. The maximum atomic E-state index is 12.6. The fourth-order valence-corrected chi connectivity index (χ4v) is 2.05. The van der Waals surface area contributed by atoms with Gasteiger partial charge in [-0.05, 0) is 40.8 Å². The van der Waals surface area contributed by atoms with E-state index < -0.39 is 6.43 Å². The number of anilines is 1. The van der Waals surface area contributed by atoms with Crippen LogP contribution in [0.2, 0.25) is 0 Å². The van der Waals surface area contributed by atoms with Gasteiger partial charge in [-0.1, -0.05) is 6.42 Å². The molecule has 0 aliphatic heterocycles. The van der Waals surface area contributed by atoms with E-state index in [1.807, 2.05) is 0 Å². The van der Waals surface area contributed by atoms with E-state index in [0.29, 0.717) is 16.2 Å². The van der Waals surface area contributed by atoms with E-state index in [1.165, 1.54) is 31.5 Å². The smallest absolute Gasteiger partial charge is 0.265 e. The Bertz CT molecular complexity index is 367. The molecule has 0 amide bonds. The predicted octanol–water partition coefficient (Wildman–Crippen LogP) is 3.99. The first-order valence-corrected chi connectivity index (χ1v) is 6.13. The zero-order chi connectivity index (χ0) is 11.5. The van der Waals surface area contributed by atoms with Crippen molar-refractivity contribution in [3.05, 3.63) is 22.3 Å². The van der Waals surface area contributed by atoms with E-state index in [0.717, 1.165) is 6.54 Å². The van der Waals surface area contributed by atoms with E-state index in [-0.39, 0.29) is 5.56 Å². The molecule has 0 unspecified atom stereocenters. The Hall–Kier alpha value is -0.710. The highest BCUT2D eigenvalue weighted by Crippen LogP contribution is 2.29. The number of hydrogen-bond acceptors (Lipinski definition) is 2. The molecule has 2 nitrogen and oxygen atoms in total. The Morgan fingerprint density at radius 3 is 2.81 bits per heavy atom. The lowest BCUT2D eigenvalue weighted by molar-refractivity contribution is 0.150. The van der Waals surface area contributed by atoms with Crippen molar-refractivity contribution in [2.45, 2.75) is 25.7 Å². The van der Waals surface area contributed by atoms with E-state index in [2.05, 4.69) is 26.2 Å². The number of pyridine rings is 1. The Morgan fingerprint density at radius 2 is 2.25 bits per heavy atom. The maximum Gasteiger partial charge on any atom is 0.265 e. The lowest BCUT2D eigenvalue weighted by Crippen LogP contribution is -2.21. The minimum Gasteiger partial charge on any atom is -0.370 e. The third-order valence-corrected chi connectivity index (χ3v) is 3.58. The highest BCUT2D eigenvalue weighted by atomic mass is 79.9. The molecular weight excluding hydrogens is 278 g/mol. The molecule has 0 aromatic carbocycles. The molecule has 0 spiro atoms. The van der Waals surface area contributed by atoms with Crippen LogP contribution in [-0.4, -0.2) is 11.5 Å². The zero-order valence-corrected chi connectivity index (χ0v) is 10.3. The number of alkyl halides is 2. The molecule has 1 aliphatic carbocycles. The van der Waals surface area contributed by atoms with Gasteiger partial charge in [0, 0.05) is 22.8 Å². The summed E-state index contributed by atoms with van der Waals surface area (Å²) in [6, 6.07) is 1.41. The second-order valence-corrected chi connectivity index (χ2v) is 4.92. The van der Waals surface area contributed by atoms with E-state index in [4.69, 9.17) is 0 Å². The Balaban J connectivity index is 2.00. The van der Waals surface area contributed by atoms with Crippen molar-refractivity contribution in [1.82, 2.24) is 4.98 Å². The molecule has 16 heavy (non-hydrogen) atoms. The normalized spacial score (nSPS) is 16.2. The molecule has 1 fully saturated rings. The van der Waals surface area contributed by atoms with Crippen molar-refractivity contribution in [2.75, 3.05) is 11.9 Å². The first-order chi connectivity index (χ1) is 7.66. The number of hydrogen-bond donors (Lipinski definition) is 1. The van der Waals surface area contributed by atoms with Gasteiger partial charge in [-0.3, -0.25) is 0 Å². The van der Waals surface area contributed by atoms with Crippen molar-refractivity contribution >= 4 is 21.7 Å². The number of halogens is 3. The summed E-state index contributed by atoms with van der Waals surface area (Å²) in [6.07, 6.45) is 2.69. The summed E-state index contributed by atoms with van der Waals surface area (Å²) in [5.41, 5.74) is -0.00823. The highest BCUT2D eigenvalue weighted by Gasteiger charge is 2.18. The molecule has 1 aromatic heterocycles. The molecule has 1 saturated carbocycles. The van der Waals surface area contributed by atoms with Crippen LogP contribution in [-0.2, 0) is 0 Å². The second-order valence-electron chi connectivity index (χ2n) is 4.07. The van der Waals surface area contributed by atoms with Crippen molar-refractivity contribution in [3.8, 4) is 0 Å². The van der Waals surface area contributed by atoms with Crippen LogP contribution in [0.15, 0.2) is 16.7 Å². The molecule has 1 aliphatic rings. The second kappa shape index (κ2) is 5.08. The first-order valence-electron chi connectivity index (χ1n) is 5.34. The standard InChI is InChI=1S/C11H13BrF2N2/c12-9-6-16-10(4-8(9)11(13)14)15-5-7-2-1-3-7/h4,6-7,11H,1-3,5H2,(H,15,16). The maximum absolute atomic E-state index is 12.6. The Labute approximate surface area is 102 Å². The van der Waals surface area contributed by atoms with Gasteiger partial charge in [0.05, 0.1) is 0 Å². The molecule has 1 N–H and O–H groups in total. The summed E-state index contributed by atoms with van der Waals surface area (Å²) in [5.74, 6) is 1.21.